The van der Waals surface area contributed by atoms with Crippen molar-refractivity contribution in [2.45, 2.75) is 25.6 Å². The Hall–Kier alpha value is -1.77. The lowest BCUT2D eigenvalue weighted by Crippen LogP contribution is -2.38. The molecule has 0 aliphatic carbocycles. The van der Waals surface area contributed by atoms with Gasteiger partial charge in [-0.2, -0.15) is 13.2 Å². The highest BCUT2D eigenvalue weighted by Gasteiger charge is 2.30. The maximum Gasteiger partial charge on any atom is 0.391 e. The normalized spacial score (nSPS) is 12.6. The lowest BCUT2D eigenvalue weighted by atomic mass is 10.2. The Morgan fingerprint density at radius 2 is 2.00 bits per heavy atom. The van der Waals surface area contributed by atoms with Crippen LogP contribution in [0.25, 0.3) is 0 Å². The maximum absolute atomic E-state index is 12.1. The van der Waals surface area contributed by atoms with Crippen molar-refractivity contribution < 1.29 is 27.9 Å². The lowest BCUT2D eigenvalue weighted by molar-refractivity contribution is -0.138. The number of urea groups is 1. The molecule has 1 unspecified atom stereocenters. The van der Waals surface area contributed by atoms with Gasteiger partial charge in [0.2, 0.25) is 0 Å². The number of hydrogen-bond acceptors (Lipinski definition) is 2. The van der Waals surface area contributed by atoms with Crippen molar-refractivity contribution in [2.24, 2.45) is 0 Å². The van der Waals surface area contributed by atoms with Crippen LogP contribution < -0.4 is 10.6 Å². The summed E-state index contributed by atoms with van der Waals surface area (Å²) in [7, 11) is 0. The SMILES string of the molecule is CC(CC(F)(F)F)NC(=O)Nc1ccc(C(=O)O)cc1Br. The van der Waals surface area contributed by atoms with Gasteiger partial charge in [0, 0.05) is 10.5 Å². The molecule has 0 heterocycles. The highest BCUT2D eigenvalue weighted by molar-refractivity contribution is 9.10. The molecule has 1 rings (SSSR count). The monoisotopic (exact) mass is 368 g/mol. The number of carbonyl (C=O) groups excluding carboxylic acids is 1. The van der Waals surface area contributed by atoms with Gasteiger partial charge in [0.1, 0.15) is 0 Å². The molecule has 0 spiro atoms. The van der Waals surface area contributed by atoms with E-state index in [0.29, 0.717) is 4.47 Å². The average molecular weight is 369 g/mol. The van der Waals surface area contributed by atoms with E-state index in [2.05, 4.69) is 26.6 Å². The molecular formula is C12H12BrF3N2O3. The van der Waals surface area contributed by atoms with Crippen LogP contribution in [0.5, 0.6) is 0 Å². The van der Waals surface area contributed by atoms with Crippen molar-refractivity contribution in [1.82, 2.24) is 5.32 Å². The number of alkyl halides is 3. The third-order valence-corrected chi connectivity index (χ3v) is 3.04. The highest BCUT2D eigenvalue weighted by atomic mass is 79.9. The number of rotatable bonds is 4. The molecule has 0 saturated heterocycles. The summed E-state index contributed by atoms with van der Waals surface area (Å²) in [6, 6.07) is 1.98. The van der Waals surface area contributed by atoms with Crippen LogP contribution in [0.4, 0.5) is 23.7 Å². The Labute approximate surface area is 126 Å². The molecule has 9 heteroatoms. The van der Waals surface area contributed by atoms with Crippen LogP contribution in [0.2, 0.25) is 0 Å². The molecule has 21 heavy (non-hydrogen) atoms. The highest BCUT2D eigenvalue weighted by Crippen LogP contribution is 2.24. The minimum atomic E-state index is -4.36. The van der Waals surface area contributed by atoms with Crippen molar-refractivity contribution in [3.05, 3.63) is 28.2 Å². The number of nitrogens with one attached hydrogen (secondary N) is 2. The second-order valence-corrected chi connectivity index (χ2v) is 5.17. The van der Waals surface area contributed by atoms with Crippen LogP contribution in [0.3, 0.4) is 0 Å². The topological polar surface area (TPSA) is 78.4 Å². The van der Waals surface area contributed by atoms with Crippen molar-refractivity contribution in [3.63, 3.8) is 0 Å². The fraction of sp³-hybridized carbons (Fsp3) is 0.333. The van der Waals surface area contributed by atoms with Crippen molar-refractivity contribution in [3.8, 4) is 0 Å². The fourth-order valence-corrected chi connectivity index (χ4v) is 2.01. The fourth-order valence-electron chi connectivity index (χ4n) is 1.53. The first-order chi connectivity index (χ1) is 9.58. The van der Waals surface area contributed by atoms with E-state index in [0.717, 1.165) is 0 Å². The summed E-state index contributed by atoms with van der Waals surface area (Å²) in [5, 5.41) is 13.3. The predicted molar refractivity (Wildman–Crippen MR) is 73.4 cm³/mol. The zero-order chi connectivity index (χ0) is 16.2. The summed E-state index contributed by atoms with van der Waals surface area (Å²) in [5.74, 6) is -1.13. The van der Waals surface area contributed by atoms with Gasteiger partial charge in [0.05, 0.1) is 17.7 Å². The first-order valence-corrected chi connectivity index (χ1v) is 6.55. The second-order valence-electron chi connectivity index (χ2n) is 4.32. The smallest absolute Gasteiger partial charge is 0.391 e. The van der Waals surface area contributed by atoms with Crippen LogP contribution in [-0.2, 0) is 0 Å². The van der Waals surface area contributed by atoms with Gasteiger partial charge in [-0.1, -0.05) is 0 Å². The Kier molecular flexibility index (Phi) is 5.59. The molecular weight excluding hydrogens is 357 g/mol. The van der Waals surface area contributed by atoms with Crippen molar-refractivity contribution in [1.29, 1.82) is 0 Å². The quantitative estimate of drug-likeness (QED) is 0.759. The Bertz CT molecular complexity index is 549. The number of hydrogen-bond donors (Lipinski definition) is 3. The molecule has 0 radical (unpaired) electrons. The number of carboxylic acids is 1. The van der Waals surface area contributed by atoms with E-state index in [9.17, 15) is 22.8 Å². The van der Waals surface area contributed by atoms with E-state index in [-0.39, 0.29) is 11.3 Å². The van der Waals surface area contributed by atoms with E-state index in [4.69, 9.17) is 5.11 Å². The number of benzene rings is 1. The minimum Gasteiger partial charge on any atom is -0.478 e. The van der Waals surface area contributed by atoms with Gasteiger partial charge in [-0.15, -0.1) is 0 Å². The molecule has 1 atom stereocenters. The minimum absolute atomic E-state index is 0.0123. The zero-order valence-electron chi connectivity index (χ0n) is 10.8. The number of aromatic carboxylic acids is 1. The van der Waals surface area contributed by atoms with Crippen LogP contribution in [0, 0.1) is 0 Å². The van der Waals surface area contributed by atoms with Crippen LogP contribution >= 0.6 is 15.9 Å². The van der Waals surface area contributed by atoms with Gasteiger partial charge in [-0.25, -0.2) is 9.59 Å². The van der Waals surface area contributed by atoms with E-state index in [1.807, 2.05) is 0 Å². The number of halogens is 4. The van der Waals surface area contributed by atoms with Gasteiger partial charge in [-0.3, -0.25) is 0 Å². The summed E-state index contributed by atoms with van der Waals surface area (Å²) in [5.41, 5.74) is 0.259. The molecule has 0 fully saturated rings. The van der Waals surface area contributed by atoms with Gasteiger partial charge in [0.15, 0.2) is 0 Å². The van der Waals surface area contributed by atoms with Gasteiger partial charge >= 0.3 is 18.2 Å². The standard InChI is InChI=1S/C12H12BrF3N2O3/c1-6(5-12(14,15)16)17-11(21)18-9-3-2-7(10(19)20)4-8(9)13/h2-4,6H,5H2,1H3,(H,19,20)(H2,17,18,21). The third kappa shape index (κ3) is 6.03. The molecule has 116 valence electrons. The maximum atomic E-state index is 12.1. The van der Waals surface area contributed by atoms with Gasteiger partial charge in [0.25, 0.3) is 0 Å². The van der Waals surface area contributed by atoms with E-state index in [1.165, 1.54) is 25.1 Å². The summed E-state index contributed by atoms with van der Waals surface area (Å²) in [6.45, 7) is 1.23. The van der Waals surface area contributed by atoms with Gasteiger partial charge < -0.3 is 15.7 Å². The lowest BCUT2D eigenvalue weighted by Gasteiger charge is -2.16. The molecule has 0 bridgehead atoms. The Morgan fingerprint density at radius 3 is 2.48 bits per heavy atom. The van der Waals surface area contributed by atoms with E-state index < -0.39 is 30.6 Å². The van der Waals surface area contributed by atoms with E-state index >= 15 is 0 Å². The number of carbonyl (C=O) groups is 2. The molecule has 3 N–H and O–H groups in total. The number of carboxylic acid groups (broad SMARTS) is 1. The van der Waals surface area contributed by atoms with Gasteiger partial charge in [-0.05, 0) is 41.1 Å². The van der Waals surface area contributed by atoms with Crippen LogP contribution in [-0.4, -0.2) is 29.3 Å². The summed E-state index contributed by atoms with van der Waals surface area (Å²) in [6.07, 6.45) is -5.50. The predicted octanol–water partition coefficient (Wildman–Crippen LogP) is 3.61. The summed E-state index contributed by atoms with van der Waals surface area (Å²) >= 11 is 3.07. The van der Waals surface area contributed by atoms with Crippen molar-refractivity contribution in [2.75, 3.05) is 5.32 Å². The van der Waals surface area contributed by atoms with Crippen LogP contribution in [0.15, 0.2) is 22.7 Å². The van der Waals surface area contributed by atoms with Crippen molar-refractivity contribution >= 4 is 33.6 Å². The Morgan fingerprint density at radius 1 is 1.38 bits per heavy atom. The first-order valence-electron chi connectivity index (χ1n) is 5.75. The molecule has 5 nitrogen and oxygen atoms in total. The summed E-state index contributed by atoms with van der Waals surface area (Å²) < 4.78 is 36.7. The molecule has 0 aromatic heterocycles. The average Bonchev–Trinajstić information content (AvgIpc) is 2.28. The molecule has 0 aliphatic heterocycles. The second kappa shape index (κ2) is 6.79. The van der Waals surface area contributed by atoms with Crippen LogP contribution in [0.1, 0.15) is 23.7 Å². The molecule has 1 aromatic carbocycles. The number of amides is 2. The molecule has 0 saturated carbocycles. The van der Waals surface area contributed by atoms with E-state index in [1.54, 1.807) is 0 Å². The zero-order valence-corrected chi connectivity index (χ0v) is 12.4. The first kappa shape index (κ1) is 17.3. The number of anilines is 1. The largest absolute Gasteiger partial charge is 0.478 e. The third-order valence-electron chi connectivity index (χ3n) is 2.38. The molecule has 0 aliphatic rings. The summed E-state index contributed by atoms with van der Waals surface area (Å²) in [4.78, 5) is 22.3. The molecule has 1 aromatic rings. The molecule has 2 amide bonds. The Balaban J connectivity index is 2.65.